The maximum atomic E-state index is 11.5. The van der Waals surface area contributed by atoms with Gasteiger partial charge < -0.3 is 0 Å². The first-order chi connectivity index (χ1) is 11.4. The summed E-state index contributed by atoms with van der Waals surface area (Å²) >= 11 is 8.98. The molecular weight excluding hydrogens is 359 g/mol. The molecule has 0 saturated carbocycles. The molecule has 0 aliphatic heterocycles. The summed E-state index contributed by atoms with van der Waals surface area (Å²) in [5.74, 6) is -1.42. The van der Waals surface area contributed by atoms with Crippen LogP contribution in [0.1, 0.15) is 20.7 Å². The van der Waals surface area contributed by atoms with Crippen molar-refractivity contribution in [2.75, 3.05) is 0 Å². The van der Waals surface area contributed by atoms with Crippen LogP contribution in [0.15, 0.2) is 60.7 Å². The maximum Gasteiger partial charge on any atom is 0.386 e. The number of halogens is 2. The zero-order valence-electron chi connectivity index (χ0n) is 12.0. The number of carbonyl (C=O) groups is 4. The highest BCUT2D eigenvalue weighted by Gasteiger charge is 2.13. The van der Waals surface area contributed by atoms with Crippen LogP contribution in [0.5, 0.6) is 0 Å². The highest BCUT2D eigenvalue weighted by molar-refractivity contribution is 6.97. The molecule has 24 heavy (non-hydrogen) atoms. The van der Waals surface area contributed by atoms with Crippen LogP contribution in [0.4, 0.5) is 0 Å². The third-order valence-electron chi connectivity index (χ3n) is 2.37. The summed E-state index contributed by atoms with van der Waals surface area (Å²) in [5.41, 5.74) is 0.636. The third-order valence-corrected chi connectivity index (χ3v) is 2.81. The van der Waals surface area contributed by atoms with Crippen molar-refractivity contribution < 1.29 is 29.0 Å². The predicted molar refractivity (Wildman–Crippen MR) is 85.4 cm³/mol. The van der Waals surface area contributed by atoms with Crippen molar-refractivity contribution in [3.05, 3.63) is 71.8 Å². The topological polar surface area (TPSA) is 86.7 Å². The Morgan fingerprint density at radius 2 is 0.875 bits per heavy atom. The molecule has 0 amide bonds. The van der Waals surface area contributed by atoms with Gasteiger partial charge in [0.25, 0.3) is 0 Å². The summed E-state index contributed by atoms with van der Waals surface area (Å²) in [4.78, 5) is 50.7. The number of carbonyl (C=O) groups excluding carboxylic acids is 4. The molecule has 0 heterocycles. The van der Waals surface area contributed by atoms with Crippen molar-refractivity contribution in [1.82, 2.24) is 0 Å². The van der Waals surface area contributed by atoms with Gasteiger partial charge in [0.15, 0.2) is 0 Å². The molecule has 0 bridgehead atoms. The standard InChI is InChI=1S/C14H10O4.C2Cl2O2/c15-13(11-7-3-1-4-8-11)17-18-14(16)12-9-5-2-6-10-12;3-1(5)2(4)6/h1-10H;. The van der Waals surface area contributed by atoms with Crippen LogP contribution in [0.25, 0.3) is 0 Å². The smallest absolute Gasteiger partial charge is 0.271 e. The van der Waals surface area contributed by atoms with E-state index in [-0.39, 0.29) is 0 Å². The molecule has 0 saturated heterocycles. The average Bonchev–Trinajstić information content (AvgIpc) is 2.61. The SMILES string of the molecule is O=C(Cl)C(=O)Cl.O=C(OOC(=O)c1ccccc1)c1ccccc1. The second-order valence-corrected chi connectivity index (χ2v) is 4.71. The minimum absolute atomic E-state index is 0.318. The number of hydrogen-bond acceptors (Lipinski definition) is 6. The van der Waals surface area contributed by atoms with Crippen molar-refractivity contribution in [3.63, 3.8) is 0 Å². The van der Waals surface area contributed by atoms with E-state index in [1.165, 1.54) is 0 Å². The quantitative estimate of drug-likeness (QED) is 0.358. The summed E-state index contributed by atoms with van der Waals surface area (Å²) < 4.78 is 0. The predicted octanol–water partition coefficient (Wildman–Crippen LogP) is 3.13. The zero-order chi connectivity index (χ0) is 17.9. The molecule has 0 radical (unpaired) electrons. The van der Waals surface area contributed by atoms with Gasteiger partial charge in [0.2, 0.25) is 0 Å². The van der Waals surface area contributed by atoms with Crippen molar-refractivity contribution in [2.24, 2.45) is 0 Å². The Morgan fingerprint density at radius 1 is 0.583 bits per heavy atom. The minimum atomic E-state index is -1.14. The Labute approximate surface area is 146 Å². The van der Waals surface area contributed by atoms with Gasteiger partial charge in [-0.05, 0) is 47.5 Å². The number of hydrogen-bond donors (Lipinski definition) is 0. The fourth-order valence-electron chi connectivity index (χ4n) is 1.32. The Bertz CT molecular complexity index is 652. The van der Waals surface area contributed by atoms with E-state index in [0.29, 0.717) is 11.1 Å². The summed E-state index contributed by atoms with van der Waals surface area (Å²) in [6.07, 6.45) is 0. The largest absolute Gasteiger partial charge is 0.386 e. The van der Waals surface area contributed by atoms with E-state index in [1.54, 1.807) is 60.7 Å². The summed E-state index contributed by atoms with van der Waals surface area (Å²) in [6, 6.07) is 16.6. The van der Waals surface area contributed by atoms with Gasteiger partial charge in [-0.2, -0.15) is 0 Å². The van der Waals surface area contributed by atoms with Crippen molar-refractivity contribution in [1.29, 1.82) is 0 Å². The molecule has 0 aliphatic rings. The highest BCUT2D eigenvalue weighted by atomic mass is 35.5. The number of rotatable bonds is 3. The van der Waals surface area contributed by atoms with E-state index in [2.05, 4.69) is 33.0 Å². The van der Waals surface area contributed by atoms with E-state index in [1.807, 2.05) is 0 Å². The zero-order valence-corrected chi connectivity index (χ0v) is 13.5. The molecule has 0 atom stereocenters. The Hall–Kier alpha value is -2.70. The lowest BCUT2D eigenvalue weighted by molar-refractivity contribution is -0.187. The van der Waals surface area contributed by atoms with E-state index < -0.39 is 22.4 Å². The van der Waals surface area contributed by atoms with Gasteiger partial charge in [0.1, 0.15) is 0 Å². The molecule has 0 N–H and O–H groups in total. The monoisotopic (exact) mass is 368 g/mol. The van der Waals surface area contributed by atoms with Crippen LogP contribution in [0.2, 0.25) is 0 Å². The minimum Gasteiger partial charge on any atom is -0.271 e. The molecular formula is C16H10Cl2O6. The normalized spacial score (nSPS) is 9.08. The Balaban J connectivity index is 0.000000413. The lowest BCUT2D eigenvalue weighted by atomic mass is 10.2. The molecule has 0 aromatic heterocycles. The van der Waals surface area contributed by atoms with E-state index in [4.69, 9.17) is 0 Å². The lowest BCUT2D eigenvalue weighted by Crippen LogP contribution is -2.11. The highest BCUT2D eigenvalue weighted by Crippen LogP contribution is 2.05. The van der Waals surface area contributed by atoms with Gasteiger partial charge in [-0.15, -0.1) is 0 Å². The molecule has 2 rings (SSSR count). The van der Waals surface area contributed by atoms with Crippen molar-refractivity contribution in [3.8, 4) is 0 Å². The molecule has 2 aromatic carbocycles. The van der Waals surface area contributed by atoms with Gasteiger partial charge in [-0.25, -0.2) is 19.4 Å². The molecule has 0 fully saturated rings. The van der Waals surface area contributed by atoms with Crippen LogP contribution in [0, 0.1) is 0 Å². The van der Waals surface area contributed by atoms with E-state index in [0.717, 1.165) is 0 Å². The van der Waals surface area contributed by atoms with Gasteiger partial charge in [-0.3, -0.25) is 9.59 Å². The van der Waals surface area contributed by atoms with E-state index in [9.17, 15) is 19.2 Å². The molecule has 0 aliphatic carbocycles. The first kappa shape index (κ1) is 19.3. The molecule has 8 heteroatoms. The second kappa shape index (κ2) is 10.1. The molecule has 0 unspecified atom stereocenters. The Kier molecular flexibility index (Phi) is 8.18. The van der Waals surface area contributed by atoms with Gasteiger partial charge in [0, 0.05) is 0 Å². The second-order valence-electron chi connectivity index (χ2n) is 4.02. The fraction of sp³-hybridized carbons (Fsp3) is 0. The summed E-state index contributed by atoms with van der Waals surface area (Å²) in [6.45, 7) is 0. The summed E-state index contributed by atoms with van der Waals surface area (Å²) in [7, 11) is 0. The molecule has 0 spiro atoms. The third kappa shape index (κ3) is 7.04. The first-order valence-electron chi connectivity index (χ1n) is 6.34. The summed E-state index contributed by atoms with van der Waals surface area (Å²) in [5, 5.41) is -2.28. The average molecular weight is 369 g/mol. The van der Waals surface area contributed by atoms with Crippen LogP contribution in [-0.2, 0) is 19.4 Å². The molecule has 6 nitrogen and oxygen atoms in total. The molecule has 2 aromatic rings. The van der Waals surface area contributed by atoms with Gasteiger partial charge >= 0.3 is 22.4 Å². The Morgan fingerprint density at radius 3 is 1.12 bits per heavy atom. The molecule has 124 valence electrons. The number of benzene rings is 2. The maximum absolute atomic E-state index is 11.5. The van der Waals surface area contributed by atoms with Crippen LogP contribution >= 0.6 is 23.2 Å². The van der Waals surface area contributed by atoms with Crippen molar-refractivity contribution >= 4 is 45.6 Å². The van der Waals surface area contributed by atoms with E-state index >= 15 is 0 Å². The van der Waals surface area contributed by atoms with Crippen molar-refractivity contribution in [2.45, 2.75) is 0 Å². The van der Waals surface area contributed by atoms with Crippen LogP contribution < -0.4 is 0 Å². The first-order valence-corrected chi connectivity index (χ1v) is 7.10. The van der Waals surface area contributed by atoms with Gasteiger partial charge in [-0.1, -0.05) is 36.4 Å². The lowest BCUT2D eigenvalue weighted by Gasteiger charge is -2.02. The fourth-order valence-corrected chi connectivity index (χ4v) is 1.32. The van der Waals surface area contributed by atoms with Gasteiger partial charge in [0.05, 0.1) is 11.1 Å². The van der Waals surface area contributed by atoms with Crippen LogP contribution in [-0.4, -0.2) is 22.4 Å². The van der Waals surface area contributed by atoms with Crippen LogP contribution in [0.3, 0.4) is 0 Å².